The van der Waals surface area contributed by atoms with Crippen molar-refractivity contribution >= 4 is 0 Å². The zero-order chi connectivity index (χ0) is 15.0. The lowest BCUT2D eigenvalue weighted by Crippen LogP contribution is -2.24. The Morgan fingerprint density at radius 2 is 1.95 bits per heavy atom. The quantitative estimate of drug-likeness (QED) is 0.669. The van der Waals surface area contributed by atoms with Gasteiger partial charge in [0.15, 0.2) is 0 Å². The molecule has 116 valence electrons. The van der Waals surface area contributed by atoms with E-state index in [9.17, 15) is 0 Å². The second-order valence-corrected chi connectivity index (χ2v) is 6.16. The molecule has 0 radical (unpaired) electrons. The van der Waals surface area contributed by atoms with Crippen molar-refractivity contribution in [1.82, 2.24) is 5.32 Å². The Hall–Kier alpha value is -0.840. The minimum absolute atomic E-state index is 0.130. The summed E-state index contributed by atoms with van der Waals surface area (Å²) in [5.74, 6) is 2.49. The van der Waals surface area contributed by atoms with Crippen molar-refractivity contribution in [3.63, 3.8) is 0 Å². The maximum atomic E-state index is 5.71. The molecule has 0 unspecified atom stereocenters. The maximum absolute atomic E-state index is 5.71. The lowest BCUT2D eigenvalue weighted by atomic mass is 10.1. The molecule has 1 N–H and O–H groups in total. The van der Waals surface area contributed by atoms with Crippen LogP contribution in [0.2, 0.25) is 0 Å². The van der Waals surface area contributed by atoms with E-state index in [1.54, 1.807) is 7.11 Å². The minimum atomic E-state index is -0.130. The van der Waals surface area contributed by atoms with Gasteiger partial charge in [0.2, 0.25) is 0 Å². The van der Waals surface area contributed by atoms with E-state index in [0.29, 0.717) is 19.1 Å². The van der Waals surface area contributed by atoms with Gasteiger partial charge in [-0.3, -0.25) is 0 Å². The number of furan rings is 1. The van der Waals surface area contributed by atoms with Gasteiger partial charge in [-0.15, -0.1) is 0 Å². The summed E-state index contributed by atoms with van der Waals surface area (Å²) in [6.07, 6.45) is 0.868. The van der Waals surface area contributed by atoms with Crippen molar-refractivity contribution in [3.8, 4) is 0 Å². The predicted molar refractivity (Wildman–Crippen MR) is 80.6 cm³/mol. The van der Waals surface area contributed by atoms with Crippen LogP contribution in [0.1, 0.15) is 45.6 Å². The van der Waals surface area contributed by atoms with E-state index >= 15 is 0 Å². The monoisotopic (exact) mass is 283 g/mol. The highest BCUT2D eigenvalue weighted by atomic mass is 16.5. The molecule has 0 fully saturated rings. The maximum Gasteiger partial charge on any atom is 0.129 e. The Morgan fingerprint density at radius 3 is 2.60 bits per heavy atom. The van der Waals surface area contributed by atoms with Crippen LogP contribution < -0.4 is 5.32 Å². The van der Waals surface area contributed by atoms with E-state index in [1.165, 1.54) is 0 Å². The SMILES string of the molecule is COC(C)(C)CCOCc1ccc(CNCC(C)C)o1. The summed E-state index contributed by atoms with van der Waals surface area (Å²) >= 11 is 0. The largest absolute Gasteiger partial charge is 0.462 e. The Kier molecular flexibility index (Phi) is 7.27. The molecule has 4 nitrogen and oxygen atoms in total. The summed E-state index contributed by atoms with van der Waals surface area (Å²) in [6.45, 7) is 11.5. The molecule has 1 aromatic rings. The average molecular weight is 283 g/mol. The minimum Gasteiger partial charge on any atom is -0.462 e. The van der Waals surface area contributed by atoms with Crippen LogP contribution in [0.5, 0.6) is 0 Å². The molecule has 0 bridgehead atoms. The predicted octanol–water partition coefficient (Wildman–Crippen LogP) is 3.36. The van der Waals surface area contributed by atoms with Crippen LogP contribution in [0.3, 0.4) is 0 Å². The summed E-state index contributed by atoms with van der Waals surface area (Å²) in [7, 11) is 1.73. The van der Waals surface area contributed by atoms with Crippen molar-refractivity contribution in [2.45, 2.75) is 52.9 Å². The zero-order valence-corrected chi connectivity index (χ0v) is 13.5. The highest BCUT2D eigenvalue weighted by Gasteiger charge is 2.15. The summed E-state index contributed by atoms with van der Waals surface area (Å²) in [6, 6.07) is 3.99. The van der Waals surface area contributed by atoms with Crippen LogP contribution in [-0.2, 0) is 22.6 Å². The first-order chi connectivity index (χ1) is 9.43. The molecule has 20 heavy (non-hydrogen) atoms. The molecule has 0 aliphatic carbocycles. The molecule has 1 rings (SSSR count). The number of rotatable bonds is 10. The highest BCUT2D eigenvalue weighted by molar-refractivity contribution is 5.06. The van der Waals surface area contributed by atoms with Gasteiger partial charge in [0.25, 0.3) is 0 Å². The fraction of sp³-hybridized carbons (Fsp3) is 0.750. The van der Waals surface area contributed by atoms with E-state index in [-0.39, 0.29) is 5.60 Å². The van der Waals surface area contributed by atoms with Gasteiger partial charge in [-0.25, -0.2) is 0 Å². The van der Waals surface area contributed by atoms with Crippen molar-refractivity contribution in [1.29, 1.82) is 0 Å². The standard InChI is InChI=1S/C16H29NO3/c1-13(2)10-17-11-14-6-7-15(20-14)12-19-9-8-16(3,4)18-5/h6-7,13,17H,8-12H2,1-5H3. The lowest BCUT2D eigenvalue weighted by Gasteiger charge is -2.22. The van der Waals surface area contributed by atoms with E-state index in [2.05, 4.69) is 33.0 Å². The number of nitrogens with one attached hydrogen (secondary N) is 1. The van der Waals surface area contributed by atoms with Crippen LogP contribution in [-0.4, -0.2) is 25.9 Å². The fourth-order valence-corrected chi connectivity index (χ4v) is 1.67. The van der Waals surface area contributed by atoms with Crippen LogP contribution in [0.4, 0.5) is 0 Å². The summed E-state index contributed by atoms with van der Waals surface area (Å²) < 4.78 is 16.7. The van der Waals surface area contributed by atoms with Gasteiger partial charge in [-0.05, 0) is 44.9 Å². The lowest BCUT2D eigenvalue weighted by molar-refractivity contribution is -0.0144. The van der Waals surface area contributed by atoms with Crippen LogP contribution in [0.25, 0.3) is 0 Å². The van der Waals surface area contributed by atoms with Crippen molar-refractivity contribution < 1.29 is 13.9 Å². The smallest absolute Gasteiger partial charge is 0.129 e. The normalized spacial score (nSPS) is 12.3. The molecule has 0 saturated carbocycles. The number of hydrogen-bond donors (Lipinski definition) is 1. The third-order valence-corrected chi connectivity index (χ3v) is 3.21. The topological polar surface area (TPSA) is 43.6 Å². The fourth-order valence-electron chi connectivity index (χ4n) is 1.67. The number of methoxy groups -OCH3 is 1. The zero-order valence-electron chi connectivity index (χ0n) is 13.5. The van der Waals surface area contributed by atoms with Gasteiger partial charge in [0, 0.05) is 13.7 Å². The van der Waals surface area contributed by atoms with Crippen molar-refractivity contribution in [2.75, 3.05) is 20.3 Å². The van der Waals surface area contributed by atoms with Crippen molar-refractivity contribution in [3.05, 3.63) is 23.7 Å². The third kappa shape index (κ3) is 7.08. The summed E-state index contributed by atoms with van der Waals surface area (Å²) in [4.78, 5) is 0. The van der Waals surface area contributed by atoms with E-state index in [4.69, 9.17) is 13.9 Å². The Morgan fingerprint density at radius 1 is 1.25 bits per heavy atom. The average Bonchev–Trinajstić information content (AvgIpc) is 2.82. The van der Waals surface area contributed by atoms with Crippen LogP contribution in [0, 0.1) is 5.92 Å². The molecule has 0 aliphatic rings. The molecule has 0 atom stereocenters. The van der Waals surface area contributed by atoms with Crippen molar-refractivity contribution in [2.24, 2.45) is 5.92 Å². The van der Waals surface area contributed by atoms with Crippen LogP contribution in [0.15, 0.2) is 16.5 Å². The number of ether oxygens (including phenoxy) is 2. The third-order valence-electron chi connectivity index (χ3n) is 3.21. The molecular weight excluding hydrogens is 254 g/mol. The summed E-state index contributed by atoms with van der Waals surface area (Å²) in [5.41, 5.74) is -0.130. The second kappa shape index (κ2) is 8.45. The second-order valence-electron chi connectivity index (χ2n) is 6.16. The molecule has 0 saturated heterocycles. The summed E-state index contributed by atoms with van der Waals surface area (Å²) in [5, 5.41) is 3.36. The van der Waals surface area contributed by atoms with E-state index in [0.717, 1.165) is 31.0 Å². The Bertz CT molecular complexity index is 372. The first-order valence-electron chi connectivity index (χ1n) is 7.34. The Balaban J connectivity index is 2.20. The van der Waals surface area contributed by atoms with Gasteiger partial charge in [-0.2, -0.15) is 0 Å². The van der Waals surface area contributed by atoms with Gasteiger partial charge in [-0.1, -0.05) is 13.8 Å². The van der Waals surface area contributed by atoms with Gasteiger partial charge in [0.05, 0.1) is 12.1 Å². The van der Waals surface area contributed by atoms with Gasteiger partial charge in [0.1, 0.15) is 18.1 Å². The molecule has 0 spiro atoms. The number of hydrogen-bond acceptors (Lipinski definition) is 4. The van der Waals surface area contributed by atoms with E-state index < -0.39 is 0 Å². The molecule has 1 aromatic heterocycles. The van der Waals surface area contributed by atoms with Crippen LogP contribution >= 0.6 is 0 Å². The molecule has 1 heterocycles. The first kappa shape index (κ1) is 17.2. The van der Waals surface area contributed by atoms with Gasteiger partial charge < -0.3 is 19.2 Å². The highest BCUT2D eigenvalue weighted by Crippen LogP contribution is 2.14. The molecule has 4 heteroatoms. The molecule has 0 aliphatic heterocycles. The molecule has 0 aromatic carbocycles. The van der Waals surface area contributed by atoms with Gasteiger partial charge >= 0.3 is 0 Å². The first-order valence-corrected chi connectivity index (χ1v) is 7.34. The molecular formula is C16H29NO3. The molecule has 0 amide bonds. The Labute approximate surface area is 122 Å². The van der Waals surface area contributed by atoms with E-state index in [1.807, 2.05) is 12.1 Å².